The number of carbonyl (C=O) groups is 1. The molecule has 0 spiro atoms. The maximum atomic E-state index is 12.5. The molecule has 1 amide bonds. The Bertz CT molecular complexity index is 274. The maximum Gasteiger partial charge on any atom is 0.239 e. The van der Waals surface area contributed by atoms with Crippen molar-refractivity contribution in [1.82, 2.24) is 15.1 Å². The molecule has 104 valence electrons. The molecule has 1 N–H and O–H groups in total. The second-order valence-electron chi connectivity index (χ2n) is 5.65. The van der Waals surface area contributed by atoms with Gasteiger partial charge in [-0.25, -0.2) is 0 Å². The lowest BCUT2D eigenvalue weighted by atomic mass is 9.99. The summed E-state index contributed by atoms with van der Waals surface area (Å²) in [5, 5.41) is 3.26. The van der Waals surface area contributed by atoms with E-state index in [1.54, 1.807) is 0 Å². The SMILES string of the molecule is CNCC1CCCCN1C(C)C(=O)N1CCCC1. The molecule has 2 fully saturated rings. The summed E-state index contributed by atoms with van der Waals surface area (Å²) in [6, 6.07) is 0.590. The van der Waals surface area contributed by atoms with Gasteiger partial charge in [-0.2, -0.15) is 0 Å². The van der Waals surface area contributed by atoms with Crippen LogP contribution < -0.4 is 5.32 Å². The fourth-order valence-corrected chi connectivity index (χ4v) is 3.33. The Hall–Kier alpha value is -0.610. The second kappa shape index (κ2) is 6.53. The summed E-state index contributed by atoms with van der Waals surface area (Å²) in [7, 11) is 2.00. The Labute approximate surface area is 111 Å². The van der Waals surface area contributed by atoms with Gasteiger partial charge in [0.1, 0.15) is 0 Å². The first-order valence-corrected chi connectivity index (χ1v) is 7.43. The number of nitrogens with one attached hydrogen (secondary N) is 1. The van der Waals surface area contributed by atoms with Crippen molar-refractivity contribution in [1.29, 1.82) is 0 Å². The van der Waals surface area contributed by atoms with E-state index in [-0.39, 0.29) is 6.04 Å². The van der Waals surface area contributed by atoms with Crippen LogP contribution in [0.4, 0.5) is 0 Å². The largest absolute Gasteiger partial charge is 0.341 e. The van der Waals surface area contributed by atoms with Crippen molar-refractivity contribution in [2.24, 2.45) is 0 Å². The monoisotopic (exact) mass is 253 g/mol. The average molecular weight is 253 g/mol. The fraction of sp³-hybridized carbons (Fsp3) is 0.929. The first-order valence-electron chi connectivity index (χ1n) is 7.43. The molecule has 2 aliphatic rings. The quantitative estimate of drug-likeness (QED) is 0.814. The molecule has 4 nitrogen and oxygen atoms in total. The molecule has 2 rings (SSSR count). The zero-order valence-electron chi connectivity index (χ0n) is 11.8. The molecule has 4 heteroatoms. The lowest BCUT2D eigenvalue weighted by molar-refractivity contribution is -0.136. The van der Waals surface area contributed by atoms with E-state index in [4.69, 9.17) is 0 Å². The summed E-state index contributed by atoms with van der Waals surface area (Å²) in [4.78, 5) is 16.9. The van der Waals surface area contributed by atoms with Gasteiger partial charge in [-0.15, -0.1) is 0 Å². The maximum absolute atomic E-state index is 12.5. The van der Waals surface area contributed by atoms with Crippen LogP contribution >= 0.6 is 0 Å². The third-order valence-corrected chi connectivity index (χ3v) is 4.39. The van der Waals surface area contributed by atoms with Crippen molar-refractivity contribution in [3.8, 4) is 0 Å². The Kier molecular flexibility index (Phi) is 5.01. The zero-order valence-corrected chi connectivity index (χ0v) is 11.8. The number of piperidine rings is 1. The van der Waals surface area contributed by atoms with Crippen LogP contribution in [0, 0.1) is 0 Å². The zero-order chi connectivity index (χ0) is 13.0. The molecule has 0 radical (unpaired) electrons. The van der Waals surface area contributed by atoms with E-state index >= 15 is 0 Å². The van der Waals surface area contributed by atoms with E-state index in [0.29, 0.717) is 11.9 Å². The normalized spacial score (nSPS) is 27.4. The molecule has 0 aliphatic carbocycles. The van der Waals surface area contributed by atoms with Crippen LogP contribution in [-0.2, 0) is 4.79 Å². The lowest BCUT2D eigenvalue weighted by Crippen LogP contribution is -2.54. The van der Waals surface area contributed by atoms with Gasteiger partial charge in [0.05, 0.1) is 6.04 Å². The molecule has 18 heavy (non-hydrogen) atoms. The molecule has 2 saturated heterocycles. The molecule has 0 saturated carbocycles. The third kappa shape index (κ3) is 3.04. The van der Waals surface area contributed by atoms with Crippen molar-refractivity contribution in [2.75, 3.05) is 33.2 Å². The van der Waals surface area contributed by atoms with Gasteiger partial charge in [-0.3, -0.25) is 9.69 Å². The smallest absolute Gasteiger partial charge is 0.239 e. The number of amides is 1. The molecule has 2 heterocycles. The van der Waals surface area contributed by atoms with Gasteiger partial charge < -0.3 is 10.2 Å². The van der Waals surface area contributed by atoms with E-state index in [1.807, 2.05) is 7.05 Å². The van der Waals surface area contributed by atoms with E-state index in [0.717, 1.165) is 26.2 Å². The van der Waals surface area contributed by atoms with Gasteiger partial charge >= 0.3 is 0 Å². The first kappa shape index (κ1) is 13.8. The molecule has 2 aliphatic heterocycles. The van der Waals surface area contributed by atoms with E-state index in [1.165, 1.54) is 32.1 Å². The van der Waals surface area contributed by atoms with E-state index < -0.39 is 0 Å². The van der Waals surface area contributed by atoms with Crippen molar-refractivity contribution < 1.29 is 4.79 Å². The summed E-state index contributed by atoms with van der Waals surface area (Å²) < 4.78 is 0. The van der Waals surface area contributed by atoms with Gasteiger partial charge in [-0.05, 0) is 46.2 Å². The molecular weight excluding hydrogens is 226 g/mol. The minimum Gasteiger partial charge on any atom is -0.341 e. The first-order chi connectivity index (χ1) is 8.74. The molecule has 2 unspecified atom stereocenters. The van der Waals surface area contributed by atoms with Crippen LogP contribution in [0.3, 0.4) is 0 Å². The van der Waals surface area contributed by atoms with Crippen molar-refractivity contribution in [3.63, 3.8) is 0 Å². The molecular formula is C14H27N3O. The highest BCUT2D eigenvalue weighted by Gasteiger charge is 2.32. The average Bonchev–Trinajstić information content (AvgIpc) is 2.92. The molecule has 2 atom stereocenters. The third-order valence-electron chi connectivity index (χ3n) is 4.39. The fourth-order valence-electron chi connectivity index (χ4n) is 3.33. The number of nitrogens with zero attached hydrogens (tertiary/aromatic N) is 2. The summed E-state index contributed by atoms with van der Waals surface area (Å²) >= 11 is 0. The van der Waals surface area contributed by atoms with Gasteiger partial charge in [0.15, 0.2) is 0 Å². The van der Waals surface area contributed by atoms with Gasteiger partial charge in [0, 0.05) is 25.7 Å². The number of likely N-dealkylation sites (tertiary alicyclic amines) is 2. The Balaban J connectivity index is 1.96. The Morgan fingerprint density at radius 3 is 2.56 bits per heavy atom. The Morgan fingerprint density at radius 1 is 1.22 bits per heavy atom. The van der Waals surface area contributed by atoms with Crippen LogP contribution in [0.2, 0.25) is 0 Å². The minimum absolute atomic E-state index is 0.0572. The molecule has 0 aromatic carbocycles. The summed E-state index contributed by atoms with van der Waals surface area (Å²) in [5.74, 6) is 0.343. The number of rotatable bonds is 4. The van der Waals surface area contributed by atoms with Crippen LogP contribution in [0.15, 0.2) is 0 Å². The lowest BCUT2D eigenvalue weighted by Gasteiger charge is -2.40. The number of carbonyl (C=O) groups excluding carboxylic acids is 1. The molecule has 0 bridgehead atoms. The highest BCUT2D eigenvalue weighted by atomic mass is 16.2. The van der Waals surface area contributed by atoms with Crippen molar-refractivity contribution in [3.05, 3.63) is 0 Å². The summed E-state index contributed by atoms with van der Waals surface area (Å²) in [6.07, 6.45) is 6.11. The standard InChI is InChI=1S/C14H27N3O/c1-12(14(18)16-8-5-6-9-16)17-10-4-3-7-13(17)11-15-2/h12-13,15H,3-11H2,1-2H3. The van der Waals surface area contributed by atoms with Crippen LogP contribution in [0.1, 0.15) is 39.0 Å². The second-order valence-corrected chi connectivity index (χ2v) is 5.65. The predicted octanol–water partition coefficient (Wildman–Crippen LogP) is 1.07. The van der Waals surface area contributed by atoms with Gasteiger partial charge in [0.2, 0.25) is 5.91 Å². The highest BCUT2D eigenvalue weighted by molar-refractivity contribution is 5.81. The summed E-state index contributed by atoms with van der Waals surface area (Å²) in [5.41, 5.74) is 0. The topological polar surface area (TPSA) is 35.6 Å². The highest BCUT2D eigenvalue weighted by Crippen LogP contribution is 2.21. The summed E-state index contributed by atoms with van der Waals surface area (Å²) in [6.45, 7) is 6.10. The van der Waals surface area contributed by atoms with Gasteiger partial charge in [-0.1, -0.05) is 6.42 Å². The van der Waals surface area contributed by atoms with E-state index in [9.17, 15) is 4.79 Å². The van der Waals surface area contributed by atoms with Crippen LogP contribution in [0.5, 0.6) is 0 Å². The molecule has 0 aromatic rings. The number of hydrogen-bond acceptors (Lipinski definition) is 3. The van der Waals surface area contributed by atoms with Crippen LogP contribution in [0.25, 0.3) is 0 Å². The van der Waals surface area contributed by atoms with Crippen molar-refractivity contribution in [2.45, 2.75) is 51.1 Å². The Morgan fingerprint density at radius 2 is 1.89 bits per heavy atom. The van der Waals surface area contributed by atoms with Crippen molar-refractivity contribution >= 4 is 5.91 Å². The van der Waals surface area contributed by atoms with Crippen LogP contribution in [-0.4, -0.2) is 61.0 Å². The predicted molar refractivity (Wildman–Crippen MR) is 73.5 cm³/mol. The number of hydrogen-bond donors (Lipinski definition) is 1. The van der Waals surface area contributed by atoms with Gasteiger partial charge in [0.25, 0.3) is 0 Å². The minimum atomic E-state index is 0.0572. The number of likely N-dealkylation sites (N-methyl/N-ethyl adjacent to an activating group) is 1. The molecule has 0 aromatic heterocycles. The van der Waals surface area contributed by atoms with E-state index in [2.05, 4.69) is 22.0 Å².